The number of anilines is 1. The molecule has 0 radical (unpaired) electrons. The second-order valence-electron chi connectivity index (χ2n) is 8.70. The molecule has 2 heterocycles. The number of likely N-dealkylation sites (tertiary alicyclic amines) is 1. The number of hydrogen-bond acceptors (Lipinski definition) is 6. The Hall–Kier alpha value is -3.59. The second kappa shape index (κ2) is 11.7. The van der Waals surface area contributed by atoms with Crippen LogP contribution in [0.4, 0.5) is 5.69 Å². The van der Waals surface area contributed by atoms with Gasteiger partial charge in [-0.05, 0) is 50.3 Å². The summed E-state index contributed by atoms with van der Waals surface area (Å²) >= 11 is 0.963. The van der Waals surface area contributed by atoms with Crippen molar-refractivity contribution in [3.63, 3.8) is 0 Å². The molecule has 9 heteroatoms. The lowest BCUT2D eigenvalue weighted by molar-refractivity contribution is -0.126. The fraction of sp³-hybridized carbons (Fsp3) is 0.346. The highest BCUT2D eigenvalue weighted by atomic mass is 32.1. The zero-order valence-electron chi connectivity index (χ0n) is 19.7. The van der Waals surface area contributed by atoms with E-state index in [1.807, 2.05) is 37.3 Å². The van der Waals surface area contributed by atoms with Gasteiger partial charge in [0.1, 0.15) is 0 Å². The molecule has 1 fully saturated rings. The Morgan fingerprint density at radius 3 is 2.54 bits per heavy atom. The van der Waals surface area contributed by atoms with E-state index in [1.54, 1.807) is 17.0 Å². The van der Waals surface area contributed by atoms with E-state index < -0.39 is 5.91 Å². The summed E-state index contributed by atoms with van der Waals surface area (Å²) in [4.78, 5) is 39.8. The number of piperidine rings is 1. The highest BCUT2D eigenvalue weighted by Crippen LogP contribution is 2.21. The summed E-state index contributed by atoms with van der Waals surface area (Å²) in [5, 5.41) is 13.9. The van der Waals surface area contributed by atoms with Gasteiger partial charge in [-0.2, -0.15) is 0 Å². The smallest absolute Gasteiger partial charge is 0.286 e. The highest BCUT2D eigenvalue weighted by Gasteiger charge is 2.30. The number of aryl methyl sites for hydroxylation is 2. The summed E-state index contributed by atoms with van der Waals surface area (Å²) in [6.45, 7) is 3.47. The number of nitrogens with one attached hydrogen (secondary N) is 2. The summed E-state index contributed by atoms with van der Waals surface area (Å²) in [5.41, 5.74) is 2.99. The quantitative estimate of drug-likeness (QED) is 0.468. The molecule has 0 spiro atoms. The van der Waals surface area contributed by atoms with Crippen molar-refractivity contribution >= 4 is 34.7 Å². The molecule has 1 aromatic heterocycles. The second-order valence-corrected chi connectivity index (χ2v) is 9.68. The largest absolute Gasteiger partial charge is 0.356 e. The number of rotatable bonds is 8. The molecule has 1 aliphatic rings. The summed E-state index contributed by atoms with van der Waals surface area (Å²) in [6.07, 6.45) is 3.26. The Morgan fingerprint density at radius 1 is 1.03 bits per heavy atom. The lowest BCUT2D eigenvalue weighted by Crippen LogP contribution is -2.45. The topological polar surface area (TPSA) is 104 Å². The monoisotopic (exact) mass is 491 g/mol. The van der Waals surface area contributed by atoms with Crippen LogP contribution in [0.25, 0.3) is 0 Å². The first-order chi connectivity index (χ1) is 17.0. The third kappa shape index (κ3) is 6.73. The SMILES string of the molecule is Cc1ccc(NC(=O)c2nnc(C(=O)N3CCC[C@@H](C(=O)NCCCc4ccccc4)C3)s2)cc1. The molecular formula is C26H29N5O3S. The molecule has 3 amide bonds. The third-order valence-electron chi connectivity index (χ3n) is 5.98. The van der Waals surface area contributed by atoms with Gasteiger partial charge in [-0.15, -0.1) is 10.2 Å². The van der Waals surface area contributed by atoms with Crippen LogP contribution >= 0.6 is 11.3 Å². The Balaban J connectivity index is 1.27. The van der Waals surface area contributed by atoms with E-state index in [4.69, 9.17) is 0 Å². The van der Waals surface area contributed by atoms with Crippen molar-refractivity contribution in [1.29, 1.82) is 0 Å². The van der Waals surface area contributed by atoms with Crippen LogP contribution in [0.1, 0.15) is 50.0 Å². The van der Waals surface area contributed by atoms with E-state index in [2.05, 4.69) is 33.0 Å². The van der Waals surface area contributed by atoms with Gasteiger partial charge in [0.2, 0.25) is 15.9 Å². The Bertz CT molecular complexity index is 1160. The van der Waals surface area contributed by atoms with E-state index in [0.717, 1.165) is 42.6 Å². The van der Waals surface area contributed by atoms with Crippen LogP contribution in [0, 0.1) is 12.8 Å². The maximum Gasteiger partial charge on any atom is 0.286 e. The molecule has 0 saturated carbocycles. The van der Waals surface area contributed by atoms with Crippen LogP contribution in [0.15, 0.2) is 54.6 Å². The molecule has 1 saturated heterocycles. The molecule has 4 rings (SSSR count). The van der Waals surface area contributed by atoms with Gasteiger partial charge in [0, 0.05) is 25.3 Å². The first-order valence-electron chi connectivity index (χ1n) is 11.8. The van der Waals surface area contributed by atoms with E-state index in [9.17, 15) is 14.4 Å². The van der Waals surface area contributed by atoms with Crippen molar-refractivity contribution < 1.29 is 14.4 Å². The summed E-state index contributed by atoms with van der Waals surface area (Å²) in [6, 6.07) is 17.6. The molecule has 35 heavy (non-hydrogen) atoms. The lowest BCUT2D eigenvalue weighted by atomic mass is 9.97. The number of hydrogen-bond donors (Lipinski definition) is 2. The fourth-order valence-corrected chi connectivity index (χ4v) is 4.73. The van der Waals surface area contributed by atoms with E-state index in [-0.39, 0.29) is 27.7 Å². The maximum atomic E-state index is 13.0. The molecule has 8 nitrogen and oxygen atoms in total. The standard InChI is InChI=1S/C26H29N5O3S/c1-18-11-13-21(14-12-18)28-23(33)24-29-30-25(35-24)26(34)31-16-6-10-20(17-31)22(32)27-15-5-9-19-7-3-2-4-8-19/h2-4,7-8,11-14,20H,5-6,9-10,15-17H2,1H3,(H,27,32)(H,28,33)/t20-/m1/s1. The van der Waals surface area contributed by atoms with Gasteiger partial charge in [-0.25, -0.2) is 0 Å². The number of benzene rings is 2. The number of aromatic nitrogens is 2. The van der Waals surface area contributed by atoms with Crippen molar-refractivity contribution in [3.8, 4) is 0 Å². The molecule has 2 N–H and O–H groups in total. The molecule has 2 aromatic carbocycles. The third-order valence-corrected chi connectivity index (χ3v) is 6.89. The molecule has 0 unspecified atom stereocenters. The predicted molar refractivity (Wildman–Crippen MR) is 135 cm³/mol. The van der Waals surface area contributed by atoms with Crippen LogP contribution in [0.2, 0.25) is 0 Å². The molecule has 0 bridgehead atoms. The van der Waals surface area contributed by atoms with E-state index in [0.29, 0.717) is 25.3 Å². The summed E-state index contributed by atoms with van der Waals surface area (Å²) in [7, 11) is 0. The molecule has 182 valence electrons. The normalized spacial score (nSPS) is 15.5. The first-order valence-corrected chi connectivity index (χ1v) is 12.6. The van der Waals surface area contributed by atoms with Gasteiger partial charge < -0.3 is 15.5 Å². The Kier molecular flexibility index (Phi) is 8.20. The van der Waals surface area contributed by atoms with Crippen LogP contribution < -0.4 is 10.6 Å². The fourth-order valence-electron chi connectivity index (χ4n) is 4.03. The van der Waals surface area contributed by atoms with Gasteiger partial charge >= 0.3 is 0 Å². The van der Waals surface area contributed by atoms with Crippen LogP contribution in [0.5, 0.6) is 0 Å². The molecule has 3 aromatic rings. The van der Waals surface area contributed by atoms with Crippen LogP contribution in [-0.2, 0) is 11.2 Å². The minimum Gasteiger partial charge on any atom is -0.356 e. The summed E-state index contributed by atoms with van der Waals surface area (Å²) in [5.74, 6) is -0.970. The van der Waals surface area contributed by atoms with Crippen molar-refractivity contribution in [2.45, 2.75) is 32.6 Å². The maximum absolute atomic E-state index is 13.0. The molecular weight excluding hydrogens is 462 g/mol. The lowest BCUT2D eigenvalue weighted by Gasteiger charge is -2.31. The van der Waals surface area contributed by atoms with Crippen LogP contribution in [-0.4, -0.2) is 52.5 Å². The van der Waals surface area contributed by atoms with Crippen LogP contribution in [0.3, 0.4) is 0 Å². The van der Waals surface area contributed by atoms with Gasteiger partial charge in [0.15, 0.2) is 0 Å². The van der Waals surface area contributed by atoms with Crippen molar-refractivity contribution in [2.24, 2.45) is 5.92 Å². The Morgan fingerprint density at radius 2 is 1.77 bits per heavy atom. The van der Waals surface area contributed by atoms with E-state index >= 15 is 0 Å². The predicted octanol–water partition coefficient (Wildman–Crippen LogP) is 3.70. The van der Waals surface area contributed by atoms with Crippen molar-refractivity contribution in [3.05, 3.63) is 75.7 Å². The van der Waals surface area contributed by atoms with Gasteiger partial charge in [0.05, 0.1) is 5.92 Å². The zero-order valence-corrected chi connectivity index (χ0v) is 20.5. The summed E-state index contributed by atoms with van der Waals surface area (Å²) < 4.78 is 0. The number of carbonyl (C=O) groups is 3. The van der Waals surface area contributed by atoms with Gasteiger partial charge in [0.25, 0.3) is 11.8 Å². The number of amides is 3. The van der Waals surface area contributed by atoms with Crippen molar-refractivity contribution in [2.75, 3.05) is 25.0 Å². The Labute approximate surface area is 208 Å². The highest BCUT2D eigenvalue weighted by molar-refractivity contribution is 7.15. The van der Waals surface area contributed by atoms with Gasteiger partial charge in [-0.1, -0.05) is 59.4 Å². The van der Waals surface area contributed by atoms with Crippen molar-refractivity contribution in [1.82, 2.24) is 20.4 Å². The van der Waals surface area contributed by atoms with E-state index in [1.165, 1.54) is 5.56 Å². The number of nitrogens with zero attached hydrogens (tertiary/aromatic N) is 3. The minimum absolute atomic E-state index is 0.0222. The minimum atomic E-state index is -0.406. The molecule has 0 aliphatic carbocycles. The average molecular weight is 492 g/mol. The average Bonchev–Trinajstić information content (AvgIpc) is 3.39. The molecule has 1 atom stereocenters. The first kappa shape index (κ1) is 24.5. The number of carbonyl (C=O) groups excluding carboxylic acids is 3. The molecule has 1 aliphatic heterocycles. The van der Waals surface area contributed by atoms with Gasteiger partial charge in [-0.3, -0.25) is 14.4 Å². The zero-order chi connectivity index (χ0) is 24.6.